The lowest BCUT2D eigenvalue weighted by Crippen LogP contribution is -2.36. The SMILES string of the molecule is CCc1ccc(NC(=O)CN(C(C)=O)c2cc(Cl)ccc2OC)cc1. The third-order valence-corrected chi connectivity index (χ3v) is 3.99. The molecule has 0 saturated carbocycles. The van der Waals surface area contributed by atoms with Gasteiger partial charge in [-0.3, -0.25) is 14.5 Å². The molecule has 2 amide bonds. The van der Waals surface area contributed by atoms with Crippen LogP contribution in [0.5, 0.6) is 5.75 Å². The van der Waals surface area contributed by atoms with Crippen LogP contribution in [0.25, 0.3) is 0 Å². The highest BCUT2D eigenvalue weighted by molar-refractivity contribution is 6.31. The highest BCUT2D eigenvalue weighted by atomic mass is 35.5. The minimum atomic E-state index is -0.304. The number of halogens is 1. The fourth-order valence-corrected chi connectivity index (χ4v) is 2.57. The van der Waals surface area contributed by atoms with Crippen molar-refractivity contribution in [2.45, 2.75) is 20.3 Å². The molecule has 132 valence electrons. The second-order valence-corrected chi connectivity index (χ2v) is 5.96. The van der Waals surface area contributed by atoms with Crippen LogP contribution < -0.4 is 15.0 Å². The lowest BCUT2D eigenvalue weighted by molar-refractivity contribution is -0.120. The van der Waals surface area contributed by atoms with Crippen molar-refractivity contribution >= 4 is 34.8 Å². The molecule has 0 fully saturated rings. The molecule has 0 aliphatic rings. The third kappa shape index (κ3) is 4.97. The van der Waals surface area contributed by atoms with Gasteiger partial charge in [0.2, 0.25) is 11.8 Å². The molecule has 0 atom stereocenters. The zero-order valence-corrected chi connectivity index (χ0v) is 15.3. The van der Waals surface area contributed by atoms with Gasteiger partial charge in [-0.05, 0) is 42.3 Å². The molecule has 0 heterocycles. The maximum absolute atomic E-state index is 12.4. The summed E-state index contributed by atoms with van der Waals surface area (Å²) in [5.74, 6) is -0.113. The van der Waals surface area contributed by atoms with Crippen molar-refractivity contribution in [3.63, 3.8) is 0 Å². The van der Waals surface area contributed by atoms with Crippen LogP contribution in [-0.4, -0.2) is 25.5 Å². The molecule has 0 unspecified atom stereocenters. The Kier molecular flexibility index (Phi) is 6.42. The lowest BCUT2D eigenvalue weighted by Gasteiger charge is -2.23. The van der Waals surface area contributed by atoms with Gasteiger partial charge >= 0.3 is 0 Å². The molecular formula is C19H21ClN2O3. The molecule has 1 N–H and O–H groups in total. The molecule has 0 bridgehead atoms. The van der Waals surface area contributed by atoms with Crippen molar-refractivity contribution in [2.75, 3.05) is 23.9 Å². The lowest BCUT2D eigenvalue weighted by atomic mass is 10.1. The number of hydrogen-bond acceptors (Lipinski definition) is 3. The van der Waals surface area contributed by atoms with E-state index in [0.717, 1.165) is 6.42 Å². The van der Waals surface area contributed by atoms with Gasteiger partial charge in [0.25, 0.3) is 0 Å². The van der Waals surface area contributed by atoms with Crippen molar-refractivity contribution in [2.24, 2.45) is 0 Å². The molecular weight excluding hydrogens is 340 g/mol. The van der Waals surface area contributed by atoms with Gasteiger partial charge in [-0.2, -0.15) is 0 Å². The number of ether oxygens (including phenoxy) is 1. The minimum Gasteiger partial charge on any atom is -0.495 e. The summed E-state index contributed by atoms with van der Waals surface area (Å²) >= 11 is 6.02. The molecule has 2 rings (SSSR count). The summed E-state index contributed by atoms with van der Waals surface area (Å²) in [6.45, 7) is 3.32. The highest BCUT2D eigenvalue weighted by Crippen LogP contribution is 2.31. The van der Waals surface area contributed by atoms with Gasteiger partial charge in [-0.25, -0.2) is 0 Å². The van der Waals surface area contributed by atoms with E-state index in [1.54, 1.807) is 18.2 Å². The third-order valence-electron chi connectivity index (χ3n) is 3.76. The van der Waals surface area contributed by atoms with Crippen molar-refractivity contribution in [3.8, 4) is 5.75 Å². The Morgan fingerprint density at radius 2 is 1.84 bits per heavy atom. The topological polar surface area (TPSA) is 58.6 Å². The van der Waals surface area contributed by atoms with Crippen LogP contribution in [0.1, 0.15) is 19.4 Å². The van der Waals surface area contributed by atoms with E-state index in [1.807, 2.05) is 24.3 Å². The minimum absolute atomic E-state index is 0.137. The Morgan fingerprint density at radius 1 is 1.16 bits per heavy atom. The van der Waals surface area contributed by atoms with Crippen LogP contribution >= 0.6 is 11.6 Å². The van der Waals surface area contributed by atoms with E-state index in [4.69, 9.17) is 16.3 Å². The summed E-state index contributed by atoms with van der Waals surface area (Å²) in [4.78, 5) is 25.7. The number of nitrogens with zero attached hydrogens (tertiary/aromatic N) is 1. The molecule has 0 aromatic heterocycles. The summed E-state index contributed by atoms with van der Waals surface area (Å²) in [7, 11) is 1.50. The summed E-state index contributed by atoms with van der Waals surface area (Å²) < 4.78 is 5.27. The number of anilines is 2. The van der Waals surface area contributed by atoms with Crippen LogP contribution in [0.3, 0.4) is 0 Å². The van der Waals surface area contributed by atoms with Crippen molar-refractivity contribution < 1.29 is 14.3 Å². The number of benzene rings is 2. The standard InChI is InChI=1S/C19H21ClN2O3/c1-4-14-5-8-16(9-6-14)21-19(24)12-22(13(2)23)17-11-15(20)7-10-18(17)25-3/h5-11H,4,12H2,1-3H3,(H,21,24). The van der Waals surface area contributed by atoms with E-state index in [-0.39, 0.29) is 18.4 Å². The van der Waals surface area contributed by atoms with Crippen molar-refractivity contribution in [1.29, 1.82) is 0 Å². The number of amides is 2. The van der Waals surface area contributed by atoms with Crippen LogP contribution in [0.4, 0.5) is 11.4 Å². The van der Waals surface area contributed by atoms with Gasteiger partial charge in [-0.15, -0.1) is 0 Å². The smallest absolute Gasteiger partial charge is 0.244 e. The molecule has 0 aliphatic carbocycles. The molecule has 25 heavy (non-hydrogen) atoms. The van der Waals surface area contributed by atoms with Crippen LogP contribution in [-0.2, 0) is 16.0 Å². The maximum atomic E-state index is 12.4. The molecule has 0 spiro atoms. The number of hydrogen-bond donors (Lipinski definition) is 1. The van der Waals surface area contributed by atoms with Crippen LogP contribution in [0.15, 0.2) is 42.5 Å². The zero-order chi connectivity index (χ0) is 18.4. The normalized spacial score (nSPS) is 10.2. The van der Waals surface area contributed by atoms with E-state index in [2.05, 4.69) is 12.2 Å². The van der Waals surface area contributed by atoms with Gasteiger partial charge in [0.1, 0.15) is 12.3 Å². The van der Waals surface area contributed by atoms with E-state index in [1.165, 1.54) is 24.5 Å². The molecule has 6 heteroatoms. The Labute approximate surface area is 152 Å². The summed E-state index contributed by atoms with van der Waals surface area (Å²) in [5.41, 5.74) is 2.33. The monoisotopic (exact) mass is 360 g/mol. The average Bonchev–Trinajstić information content (AvgIpc) is 2.60. The van der Waals surface area contributed by atoms with E-state index in [0.29, 0.717) is 22.1 Å². The number of aryl methyl sites for hydroxylation is 1. The van der Waals surface area contributed by atoms with Gasteiger partial charge in [-0.1, -0.05) is 30.7 Å². The Bertz CT molecular complexity index is 760. The predicted molar refractivity (Wildman–Crippen MR) is 100 cm³/mol. The summed E-state index contributed by atoms with van der Waals surface area (Å²) in [6, 6.07) is 12.5. The van der Waals surface area contributed by atoms with Gasteiger partial charge in [0.05, 0.1) is 12.8 Å². The number of methoxy groups -OCH3 is 1. The van der Waals surface area contributed by atoms with Crippen molar-refractivity contribution in [3.05, 3.63) is 53.1 Å². The molecule has 2 aromatic carbocycles. The summed E-state index contributed by atoms with van der Waals surface area (Å²) in [6.07, 6.45) is 0.931. The fourth-order valence-electron chi connectivity index (χ4n) is 2.41. The first-order chi connectivity index (χ1) is 11.9. The number of rotatable bonds is 6. The molecule has 5 nitrogen and oxygen atoms in total. The zero-order valence-electron chi connectivity index (χ0n) is 14.5. The second kappa shape index (κ2) is 8.53. The van der Waals surface area contributed by atoms with E-state index in [9.17, 15) is 9.59 Å². The Hall–Kier alpha value is -2.53. The molecule has 0 radical (unpaired) electrons. The predicted octanol–water partition coefficient (Wildman–Crippen LogP) is 3.90. The van der Waals surface area contributed by atoms with Crippen molar-refractivity contribution in [1.82, 2.24) is 0 Å². The van der Waals surface area contributed by atoms with E-state index < -0.39 is 0 Å². The maximum Gasteiger partial charge on any atom is 0.244 e. The first-order valence-corrected chi connectivity index (χ1v) is 8.32. The number of nitrogens with one attached hydrogen (secondary N) is 1. The Morgan fingerprint density at radius 3 is 2.40 bits per heavy atom. The quantitative estimate of drug-likeness (QED) is 0.849. The largest absolute Gasteiger partial charge is 0.495 e. The highest BCUT2D eigenvalue weighted by Gasteiger charge is 2.20. The first-order valence-electron chi connectivity index (χ1n) is 7.95. The van der Waals surface area contributed by atoms with Gasteiger partial charge in [0, 0.05) is 17.6 Å². The first kappa shape index (κ1) is 18.8. The van der Waals surface area contributed by atoms with Gasteiger partial charge < -0.3 is 10.1 Å². The summed E-state index contributed by atoms with van der Waals surface area (Å²) in [5, 5.41) is 3.25. The molecule has 2 aromatic rings. The van der Waals surface area contributed by atoms with Crippen LogP contribution in [0.2, 0.25) is 5.02 Å². The number of carbonyl (C=O) groups is 2. The average molecular weight is 361 g/mol. The Balaban J connectivity index is 2.17. The fraction of sp³-hybridized carbons (Fsp3) is 0.263. The van der Waals surface area contributed by atoms with Crippen LogP contribution in [0, 0.1) is 0 Å². The number of carbonyl (C=O) groups excluding carboxylic acids is 2. The van der Waals surface area contributed by atoms with Gasteiger partial charge in [0.15, 0.2) is 0 Å². The molecule has 0 saturated heterocycles. The molecule has 0 aliphatic heterocycles. The van der Waals surface area contributed by atoms with E-state index >= 15 is 0 Å². The second-order valence-electron chi connectivity index (χ2n) is 5.52.